The topological polar surface area (TPSA) is 88.6 Å². The van der Waals surface area contributed by atoms with Crippen LogP contribution >= 0.6 is 0 Å². The SMILES string of the molecule is Cc1ccccc1OCC(=O)NCC1CCN(S(=O)(=O)c2cccnc2)CC1. The Balaban J connectivity index is 1.42. The van der Waals surface area contributed by atoms with Gasteiger partial charge in [-0.2, -0.15) is 4.31 Å². The van der Waals surface area contributed by atoms with Crippen LogP contribution in [-0.2, 0) is 14.8 Å². The maximum Gasteiger partial charge on any atom is 0.257 e. The summed E-state index contributed by atoms with van der Waals surface area (Å²) < 4.78 is 32.2. The van der Waals surface area contributed by atoms with Crippen molar-refractivity contribution in [2.75, 3.05) is 26.2 Å². The average Bonchev–Trinajstić information content (AvgIpc) is 2.72. The third-order valence-corrected chi connectivity index (χ3v) is 6.77. The van der Waals surface area contributed by atoms with Gasteiger partial charge in [-0.15, -0.1) is 0 Å². The number of rotatable bonds is 7. The molecule has 8 heteroatoms. The van der Waals surface area contributed by atoms with E-state index >= 15 is 0 Å². The molecule has 1 saturated heterocycles. The fraction of sp³-hybridized carbons (Fsp3) is 0.400. The van der Waals surface area contributed by atoms with Gasteiger partial charge >= 0.3 is 0 Å². The minimum Gasteiger partial charge on any atom is -0.484 e. The number of piperidine rings is 1. The van der Waals surface area contributed by atoms with Gasteiger partial charge in [0.2, 0.25) is 10.0 Å². The van der Waals surface area contributed by atoms with Crippen LogP contribution in [0.25, 0.3) is 0 Å². The van der Waals surface area contributed by atoms with E-state index in [4.69, 9.17) is 4.74 Å². The Labute approximate surface area is 165 Å². The molecule has 1 aromatic carbocycles. The lowest BCUT2D eigenvalue weighted by Gasteiger charge is -2.31. The normalized spacial score (nSPS) is 15.9. The van der Waals surface area contributed by atoms with Crippen LogP contribution in [0.1, 0.15) is 18.4 Å². The Hall–Kier alpha value is -2.45. The summed E-state index contributed by atoms with van der Waals surface area (Å²) in [5.41, 5.74) is 0.984. The van der Waals surface area contributed by atoms with Gasteiger partial charge in [0.1, 0.15) is 10.6 Å². The molecule has 0 unspecified atom stereocenters. The van der Waals surface area contributed by atoms with Crippen molar-refractivity contribution in [3.05, 3.63) is 54.4 Å². The number of nitrogens with zero attached hydrogens (tertiary/aromatic N) is 2. The van der Waals surface area contributed by atoms with E-state index in [0.29, 0.717) is 38.2 Å². The number of nitrogens with one attached hydrogen (secondary N) is 1. The zero-order chi connectivity index (χ0) is 20.0. The monoisotopic (exact) mass is 403 g/mol. The van der Waals surface area contributed by atoms with Crippen molar-refractivity contribution >= 4 is 15.9 Å². The highest BCUT2D eigenvalue weighted by molar-refractivity contribution is 7.89. The number of hydrogen-bond acceptors (Lipinski definition) is 5. The maximum atomic E-state index is 12.6. The molecule has 1 amide bonds. The minimum absolute atomic E-state index is 0.0287. The van der Waals surface area contributed by atoms with Crippen LogP contribution < -0.4 is 10.1 Å². The van der Waals surface area contributed by atoms with Gasteiger partial charge in [0.15, 0.2) is 6.61 Å². The molecule has 7 nitrogen and oxygen atoms in total. The first kappa shape index (κ1) is 20.3. The predicted octanol–water partition coefficient (Wildman–Crippen LogP) is 1.99. The maximum absolute atomic E-state index is 12.6. The molecule has 0 atom stereocenters. The van der Waals surface area contributed by atoms with E-state index in [1.54, 1.807) is 18.3 Å². The number of carbonyl (C=O) groups is 1. The van der Waals surface area contributed by atoms with Crippen molar-refractivity contribution in [3.63, 3.8) is 0 Å². The molecule has 28 heavy (non-hydrogen) atoms. The summed E-state index contributed by atoms with van der Waals surface area (Å²) in [6.07, 6.45) is 4.34. The summed E-state index contributed by atoms with van der Waals surface area (Å²) in [5.74, 6) is 0.781. The minimum atomic E-state index is -3.50. The number of carbonyl (C=O) groups excluding carboxylic acids is 1. The van der Waals surface area contributed by atoms with E-state index < -0.39 is 10.0 Å². The lowest BCUT2D eigenvalue weighted by atomic mass is 9.98. The number of para-hydroxylation sites is 1. The van der Waals surface area contributed by atoms with Gasteiger partial charge in [0.25, 0.3) is 5.91 Å². The number of pyridine rings is 1. The summed E-state index contributed by atoms with van der Waals surface area (Å²) in [6, 6.07) is 10.7. The number of sulfonamides is 1. The highest BCUT2D eigenvalue weighted by Crippen LogP contribution is 2.23. The second-order valence-corrected chi connectivity index (χ2v) is 8.83. The second kappa shape index (κ2) is 9.16. The van der Waals surface area contributed by atoms with E-state index in [0.717, 1.165) is 5.56 Å². The summed E-state index contributed by atoms with van der Waals surface area (Å²) in [5, 5.41) is 2.89. The zero-order valence-corrected chi connectivity index (χ0v) is 16.7. The summed E-state index contributed by atoms with van der Waals surface area (Å²) in [4.78, 5) is 16.1. The fourth-order valence-electron chi connectivity index (χ4n) is 3.17. The van der Waals surface area contributed by atoms with E-state index in [-0.39, 0.29) is 23.3 Å². The van der Waals surface area contributed by atoms with Gasteiger partial charge < -0.3 is 10.1 Å². The first-order valence-corrected chi connectivity index (χ1v) is 10.8. The number of hydrogen-bond donors (Lipinski definition) is 1. The summed E-state index contributed by atoms with van der Waals surface area (Å²) >= 11 is 0. The second-order valence-electron chi connectivity index (χ2n) is 6.89. The van der Waals surface area contributed by atoms with E-state index in [1.807, 2.05) is 31.2 Å². The van der Waals surface area contributed by atoms with Crippen molar-refractivity contribution < 1.29 is 17.9 Å². The highest BCUT2D eigenvalue weighted by Gasteiger charge is 2.29. The lowest BCUT2D eigenvalue weighted by molar-refractivity contribution is -0.123. The summed E-state index contributed by atoms with van der Waals surface area (Å²) in [6.45, 7) is 3.31. The van der Waals surface area contributed by atoms with Gasteiger partial charge in [0, 0.05) is 32.0 Å². The molecule has 0 saturated carbocycles. The van der Waals surface area contributed by atoms with Crippen LogP contribution in [-0.4, -0.2) is 49.9 Å². The predicted molar refractivity (Wildman–Crippen MR) is 105 cm³/mol. The number of ether oxygens (including phenoxy) is 1. The molecule has 0 radical (unpaired) electrons. The number of aromatic nitrogens is 1. The average molecular weight is 404 g/mol. The van der Waals surface area contributed by atoms with Gasteiger partial charge in [-0.25, -0.2) is 8.42 Å². The van der Waals surface area contributed by atoms with E-state index in [1.165, 1.54) is 10.5 Å². The van der Waals surface area contributed by atoms with Crippen LogP contribution in [0.15, 0.2) is 53.7 Å². The molecule has 150 valence electrons. The Kier molecular flexibility index (Phi) is 6.64. The van der Waals surface area contributed by atoms with E-state index in [2.05, 4.69) is 10.3 Å². The fourth-order valence-corrected chi connectivity index (χ4v) is 4.61. The Morgan fingerprint density at radius 1 is 1.21 bits per heavy atom. The van der Waals surface area contributed by atoms with E-state index in [9.17, 15) is 13.2 Å². The highest BCUT2D eigenvalue weighted by atomic mass is 32.2. The first-order valence-electron chi connectivity index (χ1n) is 9.32. The van der Waals surface area contributed by atoms with Crippen LogP contribution in [0.2, 0.25) is 0 Å². The molecule has 1 N–H and O–H groups in total. The zero-order valence-electron chi connectivity index (χ0n) is 15.9. The van der Waals surface area contributed by atoms with Crippen LogP contribution in [0.5, 0.6) is 5.75 Å². The molecule has 2 heterocycles. The summed E-state index contributed by atoms with van der Waals surface area (Å²) in [7, 11) is -3.50. The standard InChI is InChI=1S/C20H25N3O4S/c1-16-5-2-3-7-19(16)27-15-20(24)22-13-17-8-11-23(12-9-17)28(25,26)18-6-4-10-21-14-18/h2-7,10,14,17H,8-9,11-13,15H2,1H3,(H,22,24). The number of aryl methyl sites for hydroxylation is 1. The Bertz CT molecular complexity index is 895. The first-order chi connectivity index (χ1) is 13.5. The van der Waals surface area contributed by atoms with Crippen molar-refractivity contribution in [3.8, 4) is 5.75 Å². The number of benzene rings is 1. The molecule has 1 aromatic heterocycles. The molecule has 1 aliphatic heterocycles. The molecule has 2 aromatic rings. The molecule has 1 fully saturated rings. The van der Waals surface area contributed by atoms with Crippen molar-refractivity contribution in [2.45, 2.75) is 24.7 Å². The Morgan fingerprint density at radius 2 is 1.96 bits per heavy atom. The van der Waals surface area contributed by atoms with Crippen molar-refractivity contribution in [2.24, 2.45) is 5.92 Å². The molecule has 0 spiro atoms. The third-order valence-electron chi connectivity index (χ3n) is 4.89. The van der Waals surface area contributed by atoms with Crippen LogP contribution in [0, 0.1) is 12.8 Å². The molecule has 0 aliphatic carbocycles. The molecule has 3 rings (SSSR count). The third kappa shape index (κ3) is 5.08. The smallest absolute Gasteiger partial charge is 0.257 e. The van der Waals surface area contributed by atoms with Crippen molar-refractivity contribution in [1.82, 2.24) is 14.6 Å². The van der Waals surface area contributed by atoms with Gasteiger partial charge in [-0.05, 0) is 49.4 Å². The van der Waals surface area contributed by atoms with Crippen LogP contribution in [0.3, 0.4) is 0 Å². The quantitative estimate of drug-likeness (QED) is 0.764. The van der Waals surface area contributed by atoms with Crippen molar-refractivity contribution in [1.29, 1.82) is 0 Å². The van der Waals surface area contributed by atoms with Gasteiger partial charge in [0.05, 0.1) is 0 Å². The molecular weight excluding hydrogens is 378 g/mol. The largest absolute Gasteiger partial charge is 0.484 e. The molecule has 0 bridgehead atoms. The number of amides is 1. The lowest BCUT2D eigenvalue weighted by Crippen LogP contribution is -2.42. The molecular formula is C20H25N3O4S. The molecule has 1 aliphatic rings. The van der Waals surface area contributed by atoms with Crippen LogP contribution in [0.4, 0.5) is 0 Å². The van der Waals surface area contributed by atoms with Gasteiger partial charge in [-0.1, -0.05) is 18.2 Å². The Morgan fingerprint density at radius 3 is 2.64 bits per heavy atom. The van der Waals surface area contributed by atoms with Gasteiger partial charge in [-0.3, -0.25) is 9.78 Å².